The number of rotatable bonds is 6. The van der Waals surface area contributed by atoms with E-state index in [1.54, 1.807) is 24.5 Å². The van der Waals surface area contributed by atoms with Crippen LogP contribution in [-0.4, -0.2) is 47.1 Å². The predicted molar refractivity (Wildman–Crippen MR) is 78.3 cm³/mol. The van der Waals surface area contributed by atoms with Crippen LogP contribution < -0.4 is 0 Å². The van der Waals surface area contributed by atoms with Crippen molar-refractivity contribution in [2.75, 3.05) is 12.3 Å². The highest BCUT2D eigenvalue weighted by Crippen LogP contribution is 2.23. The minimum atomic E-state index is -3.43. The third-order valence-electron chi connectivity index (χ3n) is 3.74. The molecule has 0 radical (unpaired) electrons. The van der Waals surface area contributed by atoms with Gasteiger partial charge < -0.3 is 5.11 Å². The fourth-order valence-electron chi connectivity index (χ4n) is 2.66. The Hall–Kier alpha value is -1.47. The Kier molecular flexibility index (Phi) is 5.30. The number of hydrogen-bond acceptors (Lipinski definition) is 4. The minimum absolute atomic E-state index is 0.00708. The number of aryl methyl sites for hydroxylation is 1. The van der Waals surface area contributed by atoms with E-state index in [1.165, 1.54) is 4.31 Å². The van der Waals surface area contributed by atoms with Crippen LogP contribution in [0.5, 0.6) is 0 Å². The van der Waals surface area contributed by atoms with Gasteiger partial charge in [0.05, 0.1) is 12.2 Å². The Morgan fingerprint density at radius 3 is 2.71 bits per heavy atom. The number of aromatic nitrogens is 1. The van der Waals surface area contributed by atoms with Crippen LogP contribution in [0.4, 0.5) is 0 Å². The first-order valence-corrected chi connectivity index (χ1v) is 8.70. The van der Waals surface area contributed by atoms with Crippen LogP contribution in [-0.2, 0) is 21.2 Å². The minimum Gasteiger partial charge on any atom is -0.481 e. The molecule has 21 heavy (non-hydrogen) atoms. The molecule has 0 aromatic carbocycles. The molecule has 1 aromatic rings. The molecular formula is C14H20N2O4S. The lowest BCUT2D eigenvalue weighted by atomic mass is 10.0. The molecule has 0 aliphatic carbocycles. The molecule has 1 fully saturated rings. The third kappa shape index (κ3) is 4.50. The molecule has 116 valence electrons. The van der Waals surface area contributed by atoms with E-state index in [2.05, 4.69) is 4.98 Å². The standard InChI is InChI=1S/C14H20N2O4S/c17-14(18)11-13-3-1-2-9-16(13)21(19,20)10-6-12-4-7-15-8-5-12/h4-5,7-8,13H,1-3,6,9-11H2,(H,17,18). The largest absolute Gasteiger partial charge is 0.481 e. The van der Waals surface area contributed by atoms with Crippen molar-refractivity contribution in [1.29, 1.82) is 0 Å². The molecule has 1 unspecified atom stereocenters. The summed E-state index contributed by atoms with van der Waals surface area (Å²) in [5.74, 6) is -0.941. The van der Waals surface area contributed by atoms with Crippen molar-refractivity contribution >= 4 is 16.0 Å². The molecular weight excluding hydrogens is 292 g/mol. The quantitative estimate of drug-likeness (QED) is 0.855. The SMILES string of the molecule is O=C(O)CC1CCCCN1S(=O)(=O)CCc1ccncc1. The molecule has 7 heteroatoms. The molecule has 1 aliphatic heterocycles. The number of pyridine rings is 1. The molecule has 2 rings (SSSR count). The van der Waals surface area contributed by atoms with Gasteiger partial charge in [-0.2, -0.15) is 4.31 Å². The first kappa shape index (κ1) is 15.9. The van der Waals surface area contributed by atoms with Crippen molar-refractivity contribution in [2.24, 2.45) is 0 Å². The zero-order valence-electron chi connectivity index (χ0n) is 11.8. The number of nitrogens with zero attached hydrogens (tertiary/aromatic N) is 2. The van der Waals surface area contributed by atoms with Crippen LogP contribution in [0.15, 0.2) is 24.5 Å². The van der Waals surface area contributed by atoms with Gasteiger partial charge in [0.25, 0.3) is 0 Å². The van der Waals surface area contributed by atoms with Crippen molar-refractivity contribution < 1.29 is 18.3 Å². The highest BCUT2D eigenvalue weighted by Gasteiger charge is 2.33. The summed E-state index contributed by atoms with van der Waals surface area (Å²) >= 11 is 0. The Morgan fingerprint density at radius 1 is 1.33 bits per heavy atom. The molecule has 0 amide bonds. The second-order valence-corrected chi connectivity index (χ2v) is 7.32. The van der Waals surface area contributed by atoms with E-state index in [0.29, 0.717) is 19.4 Å². The molecule has 0 spiro atoms. The van der Waals surface area contributed by atoms with Gasteiger partial charge >= 0.3 is 5.97 Å². The van der Waals surface area contributed by atoms with Crippen molar-refractivity contribution in [2.45, 2.75) is 38.1 Å². The predicted octanol–water partition coefficient (Wildman–Crippen LogP) is 1.28. The van der Waals surface area contributed by atoms with E-state index in [0.717, 1.165) is 18.4 Å². The van der Waals surface area contributed by atoms with Crippen LogP contribution in [0.3, 0.4) is 0 Å². The van der Waals surface area contributed by atoms with Gasteiger partial charge in [-0.1, -0.05) is 6.42 Å². The molecule has 1 aromatic heterocycles. The normalized spacial score (nSPS) is 20.3. The van der Waals surface area contributed by atoms with E-state index in [-0.39, 0.29) is 12.2 Å². The van der Waals surface area contributed by atoms with Gasteiger partial charge in [0.15, 0.2) is 0 Å². The van der Waals surface area contributed by atoms with Crippen LogP contribution in [0.25, 0.3) is 0 Å². The van der Waals surface area contributed by atoms with Gasteiger partial charge in [0.1, 0.15) is 0 Å². The fraction of sp³-hybridized carbons (Fsp3) is 0.571. The molecule has 1 atom stereocenters. The van der Waals surface area contributed by atoms with E-state index in [9.17, 15) is 13.2 Å². The molecule has 1 aliphatic rings. The third-order valence-corrected chi connectivity index (χ3v) is 5.65. The summed E-state index contributed by atoms with van der Waals surface area (Å²) < 4.78 is 26.3. The van der Waals surface area contributed by atoms with Crippen LogP contribution in [0.1, 0.15) is 31.2 Å². The van der Waals surface area contributed by atoms with Crippen molar-refractivity contribution in [3.63, 3.8) is 0 Å². The lowest BCUT2D eigenvalue weighted by Crippen LogP contribution is -2.45. The van der Waals surface area contributed by atoms with Crippen LogP contribution >= 0.6 is 0 Å². The Labute approximate surface area is 124 Å². The van der Waals surface area contributed by atoms with Gasteiger partial charge in [-0.3, -0.25) is 9.78 Å². The fourth-order valence-corrected chi connectivity index (χ4v) is 4.43. The van der Waals surface area contributed by atoms with Crippen molar-refractivity contribution in [3.05, 3.63) is 30.1 Å². The summed E-state index contributed by atoms with van der Waals surface area (Å²) in [5, 5.41) is 8.93. The lowest BCUT2D eigenvalue weighted by Gasteiger charge is -2.33. The Balaban J connectivity index is 2.04. The lowest BCUT2D eigenvalue weighted by molar-refractivity contribution is -0.138. The highest BCUT2D eigenvalue weighted by atomic mass is 32.2. The number of carbonyl (C=O) groups is 1. The first-order valence-electron chi connectivity index (χ1n) is 7.09. The molecule has 1 N–H and O–H groups in total. The van der Waals surface area contributed by atoms with E-state index >= 15 is 0 Å². The number of aliphatic carboxylic acids is 1. The Bertz CT molecular complexity index is 574. The maximum atomic E-state index is 12.5. The number of carboxylic acids is 1. The summed E-state index contributed by atoms with van der Waals surface area (Å²) in [5.41, 5.74) is 0.917. The molecule has 2 heterocycles. The molecule has 1 saturated heterocycles. The maximum Gasteiger partial charge on any atom is 0.304 e. The average Bonchev–Trinajstić information content (AvgIpc) is 2.46. The second-order valence-electron chi connectivity index (χ2n) is 5.28. The first-order chi connectivity index (χ1) is 9.99. The average molecular weight is 312 g/mol. The number of hydrogen-bond donors (Lipinski definition) is 1. The van der Waals surface area contributed by atoms with E-state index in [1.807, 2.05) is 0 Å². The van der Waals surface area contributed by atoms with Crippen molar-refractivity contribution in [1.82, 2.24) is 9.29 Å². The van der Waals surface area contributed by atoms with Crippen molar-refractivity contribution in [3.8, 4) is 0 Å². The van der Waals surface area contributed by atoms with Gasteiger partial charge in [-0.05, 0) is 37.0 Å². The zero-order valence-corrected chi connectivity index (χ0v) is 12.6. The zero-order chi connectivity index (χ0) is 15.3. The van der Waals surface area contributed by atoms with Crippen LogP contribution in [0, 0.1) is 0 Å². The van der Waals surface area contributed by atoms with E-state index < -0.39 is 22.0 Å². The smallest absolute Gasteiger partial charge is 0.304 e. The number of sulfonamides is 1. The summed E-state index contributed by atoms with van der Waals surface area (Å²) in [4.78, 5) is 14.8. The van der Waals surface area contributed by atoms with Gasteiger partial charge in [0, 0.05) is 25.0 Å². The van der Waals surface area contributed by atoms with Gasteiger partial charge in [-0.25, -0.2) is 8.42 Å². The number of carboxylic acid groups (broad SMARTS) is 1. The molecule has 0 bridgehead atoms. The van der Waals surface area contributed by atoms with E-state index in [4.69, 9.17) is 5.11 Å². The summed E-state index contributed by atoms with van der Waals surface area (Å²) in [6, 6.07) is 3.18. The summed E-state index contributed by atoms with van der Waals surface area (Å²) in [6.07, 6.45) is 5.88. The van der Waals surface area contributed by atoms with Gasteiger partial charge in [-0.15, -0.1) is 0 Å². The van der Waals surface area contributed by atoms with Crippen LogP contribution in [0.2, 0.25) is 0 Å². The summed E-state index contributed by atoms with van der Waals surface area (Å²) in [6.45, 7) is 0.427. The maximum absolute atomic E-state index is 12.5. The summed E-state index contributed by atoms with van der Waals surface area (Å²) in [7, 11) is -3.43. The van der Waals surface area contributed by atoms with Gasteiger partial charge in [0.2, 0.25) is 10.0 Å². The monoisotopic (exact) mass is 312 g/mol. The Morgan fingerprint density at radius 2 is 2.05 bits per heavy atom. The number of piperidine rings is 1. The topological polar surface area (TPSA) is 87.6 Å². The molecule has 6 nitrogen and oxygen atoms in total. The second kappa shape index (κ2) is 7.00. The highest BCUT2D eigenvalue weighted by molar-refractivity contribution is 7.89. The molecule has 0 saturated carbocycles.